The van der Waals surface area contributed by atoms with Crippen LogP contribution >= 0.6 is 0 Å². The number of hydrogen-bond donors (Lipinski definition) is 1. The molecule has 2 aliphatic rings. The molecule has 1 aliphatic heterocycles. The van der Waals surface area contributed by atoms with Crippen molar-refractivity contribution >= 4 is 5.69 Å². The van der Waals surface area contributed by atoms with Crippen molar-refractivity contribution in [3.05, 3.63) is 23.8 Å². The van der Waals surface area contributed by atoms with Gasteiger partial charge in [0.2, 0.25) is 0 Å². The average molecular weight is 346 g/mol. The minimum absolute atomic E-state index is 0.247. The van der Waals surface area contributed by atoms with E-state index in [0.717, 1.165) is 25.7 Å². The van der Waals surface area contributed by atoms with Crippen LogP contribution in [-0.2, 0) is 0 Å². The predicted molar refractivity (Wildman–Crippen MR) is 84.0 cm³/mol. The summed E-state index contributed by atoms with van der Waals surface area (Å²) >= 11 is 0. The van der Waals surface area contributed by atoms with Gasteiger partial charge in [-0.15, -0.1) is 0 Å². The number of halogens is 4. The van der Waals surface area contributed by atoms with Crippen molar-refractivity contribution in [3.8, 4) is 5.75 Å². The summed E-state index contributed by atoms with van der Waals surface area (Å²) in [6.07, 6.45) is 1.49. The maximum atomic E-state index is 13.3. The number of piperazine rings is 1. The van der Waals surface area contributed by atoms with Gasteiger partial charge in [0.25, 0.3) is 6.43 Å². The maximum Gasteiger partial charge on any atom is 0.387 e. The zero-order chi connectivity index (χ0) is 17.3. The van der Waals surface area contributed by atoms with Gasteiger partial charge < -0.3 is 15.0 Å². The van der Waals surface area contributed by atoms with Crippen LogP contribution in [0.3, 0.4) is 0 Å². The molecule has 3 atom stereocenters. The van der Waals surface area contributed by atoms with Crippen molar-refractivity contribution in [1.82, 2.24) is 5.32 Å². The second kappa shape index (κ2) is 7.17. The number of ether oxygens (including phenoxy) is 1. The van der Waals surface area contributed by atoms with Crippen molar-refractivity contribution < 1.29 is 22.3 Å². The number of alkyl halides is 4. The fraction of sp³-hybridized carbons (Fsp3) is 0.647. The molecule has 1 heterocycles. The van der Waals surface area contributed by atoms with Crippen LogP contribution in [0.25, 0.3) is 0 Å². The van der Waals surface area contributed by atoms with Crippen molar-refractivity contribution in [2.75, 3.05) is 11.4 Å². The third kappa shape index (κ3) is 3.61. The third-order valence-electron chi connectivity index (χ3n) is 4.88. The molecule has 1 saturated carbocycles. The van der Waals surface area contributed by atoms with E-state index in [1.807, 2.05) is 0 Å². The van der Waals surface area contributed by atoms with E-state index in [4.69, 9.17) is 0 Å². The molecule has 2 fully saturated rings. The average Bonchev–Trinajstić information content (AvgIpc) is 2.53. The molecular formula is C17H22F4N2O. The minimum Gasteiger partial charge on any atom is -0.434 e. The first-order valence-corrected chi connectivity index (χ1v) is 8.35. The van der Waals surface area contributed by atoms with E-state index in [9.17, 15) is 17.6 Å². The van der Waals surface area contributed by atoms with E-state index in [2.05, 4.69) is 21.9 Å². The van der Waals surface area contributed by atoms with Gasteiger partial charge in [-0.2, -0.15) is 8.78 Å². The number of nitrogens with one attached hydrogen (secondary N) is 1. The van der Waals surface area contributed by atoms with Crippen LogP contribution in [-0.4, -0.2) is 31.3 Å². The third-order valence-corrected chi connectivity index (χ3v) is 4.88. The largest absolute Gasteiger partial charge is 0.434 e. The molecular weight excluding hydrogens is 324 g/mol. The first-order chi connectivity index (χ1) is 11.5. The van der Waals surface area contributed by atoms with Gasteiger partial charge in [-0.1, -0.05) is 12.8 Å². The van der Waals surface area contributed by atoms with Crippen LogP contribution in [0.5, 0.6) is 5.75 Å². The van der Waals surface area contributed by atoms with Crippen LogP contribution < -0.4 is 15.0 Å². The summed E-state index contributed by atoms with van der Waals surface area (Å²) in [6, 6.07) is 4.97. The lowest BCUT2D eigenvalue weighted by molar-refractivity contribution is -0.0519. The van der Waals surface area contributed by atoms with Crippen LogP contribution in [0.2, 0.25) is 0 Å². The fourth-order valence-electron chi connectivity index (χ4n) is 3.91. The summed E-state index contributed by atoms with van der Waals surface area (Å²) in [6.45, 7) is -0.339. The highest BCUT2D eigenvalue weighted by molar-refractivity contribution is 5.55. The number of nitrogens with zero attached hydrogens (tertiary/aromatic N) is 1. The Morgan fingerprint density at radius 2 is 1.92 bits per heavy atom. The molecule has 1 aromatic rings. The van der Waals surface area contributed by atoms with Crippen molar-refractivity contribution in [3.63, 3.8) is 0 Å². The number of hydrogen-bond acceptors (Lipinski definition) is 3. The lowest BCUT2D eigenvalue weighted by Crippen LogP contribution is -2.62. The molecule has 134 valence electrons. The number of anilines is 1. The lowest BCUT2D eigenvalue weighted by Gasteiger charge is -2.48. The molecule has 0 aromatic heterocycles. The van der Waals surface area contributed by atoms with Crippen LogP contribution in [0.1, 0.15) is 44.6 Å². The predicted octanol–water partition coefficient (Wildman–Crippen LogP) is 4.33. The zero-order valence-corrected chi connectivity index (χ0v) is 13.5. The molecule has 1 aliphatic carbocycles. The van der Waals surface area contributed by atoms with E-state index in [1.165, 1.54) is 12.1 Å². The van der Waals surface area contributed by atoms with E-state index in [0.29, 0.717) is 18.3 Å². The number of benzene rings is 1. The Bertz CT molecular complexity index is 570. The summed E-state index contributed by atoms with van der Waals surface area (Å²) in [5.41, 5.74) is 0.170. The Morgan fingerprint density at radius 3 is 2.62 bits per heavy atom. The van der Waals surface area contributed by atoms with Gasteiger partial charge in [0.15, 0.2) is 0 Å². The maximum absolute atomic E-state index is 13.3. The van der Waals surface area contributed by atoms with Crippen molar-refractivity contribution in [2.45, 2.75) is 63.8 Å². The van der Waals surface area contributed by atoms with E-state index in [-0.39, 0.29) is 12.1 Å². The zero-order valence-electron chi connectivity index (χ0n) is 13.5. The second-order valence-corrected chi connectivity index (χ2v) is 6.58. The fourth-order valence-corrected chi connectivity index (χ4v) is 3.91. The summed E-state index contributed by atoms with van der Waals surface area (Å²) < 4.78 is 55.6. The number of fused-ring (bicyclic) bond motifs is 1. The molecule has 0 unspecified atom stereocenters. The normalized spacial score (nSPS) is 27.5. The highest BCUT2D eigenvalue weighted by Crippen LogP contribution is 2.37. The van der Waals surface area contributed by atoms with Gasteiger partial charge in [-0.25, -0.2) is 8.78 Å². The molecule has 24 heavy (non-hydrogen) atoms. The molecule has 1 saturated heterocycles. The summed E-state index contributed by atoms with van der Waals surface area (Å²) in [5.74, 6) is -0.452. The Labute approximate surface area is 139 Å². The molecule has 0 radical (unpaired) electrons. The smallest absolute Gasteiger partial charge is 0.387 e. The van der Waals surface area contributed by atoms with Crippen molar-refractivity contribution in [1.29, 1.82) is 0 Å². The Kier molecular flexibility index (Phi) is 5.18. The molecule has 7 heteroatoms. The van der Waals surface area contributed by atoms with Gasteiger partial charge in [-0.3, -0.25) is 0 Å². The SMILES string of the molecule is C[C@@H]1CN(c2ccc(OC(F)F)c(C(F)F)c2)[C@H]2CCCC[C@@H]2N1. The van der Waals surface area contributed by atoms with Gasteiger partial charge in [0, 0.05) is 30.4 Å². The minimum atomic E-state index is -3.12. The summed E-state index contributed by atoms with van der Waals surface area (Å²) in [4.78, 5) is 2.14. The van der Waals surface area contributed by atoms with Gasteiger partial charge in [0.05, 0.1) is 5.56 Å². The Morgan fingerprint density at radius 1 is 1.17 bits per heavy atom. The molecule has 1 aromatic carbocycles. The highest BCUT2D eigenvalue weighted by atomic mass is 19.3. The van der Waals surface area contributed by atoms with Crippen LogP contribution in [0, 0.1) is 0 Å². The first-order valence-electron chi connectivity index (χ1n) is 8.35. The van der Waals surface area contributed by atoms with Gasteiger partial charge in [0.1, 0.15) is 5.75 Å². The summed E-state index contributed by atoms with van der Waals surface area (Å²) in [5, 5.41) is 3.58. The highest BCUT2D eigenvalue weighted by Gasteiger charge is 2.36. The molecule has 3 rings (SSSR count). The molecule has 1 N–H and O–H groups in total. The molecule has 0 bridgehead atoms. The van der Waals surface area contributed by atoms with Crippen LogP contribution in [0.4, 0.5) is 23.2 Å². The summed E-state index contributed by atoms with van der Waals surface area (Å²) in [7, 11) is 0. The molecule has 3 nitrogen and oxygen atoms in total. The van der Waals surface area contributed by atoms with E-state index in [1.54, 1.807) is 6.07 Å². The standard InChI is InChI=1S/C17H22F4N2O/c1-10-9-23(14-5-3-2-4-13(14)22-10)11-6-7-15(24-17(20)21)12(8-11)16(18)19/h6-8,10,13-14,16-17,22H,2-5,9H2,1H3/t10-,13+,14+/m1/s1. The molecule has 0 amide bonds. The monoisotopic (exact) mass is 346 g/mol. The second-order valence-electron chi connectivity index (χ2n) is 6.58. The van der Waals surface area contributed by atoms with E-state index < -0.39 is 24.3 Å². The van der Waals surface area contributed by atoms with Crippen molar-refractivity contribution in [2.24, 2.45) is 0 Å². The van der Waals surface area contributed by atoms with Crippen LogP contribution in [0.15, 0.2) is 18.2 Å². The number of rotatable bonds is 4. The van der Waals surface area contributed by atoms with Gasteiger partial charge in [-0.05, 0) is 38.0 Å². The molecule has 0 spiro atoms. The van der Waals surface area contributed by atoms with Gasteiger partial charge >= 0.3 is 6.61 Å². The quantitative estimate of drug-likeness (QED) is 0.821. The first kappa shape index (κ1) is 17.3. The lowest BCUT2D eigenvalue weighted by atomic mass is 9.86. The topological polar surface area (TPSA) is 24.5 Å². The Balaban J connectivity index is 1.91. The van der Waals surface area contributed by atoms with E-state index >= 15 is 0 Å². The Hall–Kier alpha value is -1.50.